The molecular formula is C20H24N2O3S. The van der Waals surface area contributed by atoms with Gasteiger partial charge in [0.2, 0.25) is 11.8 Å². The van der Waals surface area contributed by atoms with E-state index < -0.39 is 0 Å². The van der Waals surface area contributed by atoms with Gasteiger partial charge >= 0.3 is 0 Å². The number of carbonyl (C=O) groups excluding carboxylic acids is 2. The quantitative estimate of drug-likeness (QED) is 0.746. The summed E-state index contributed by atoms with van der Waals surface area (Å²) in [6.45, 7) is 3.92. The van der Waals surface area contributed by atoms with Crippen LogP contribution in [-0.4, -0.2) is 31.2 Å². The number of rotatable bonds is 8. The number of benzene rings is 2. The number of ether oxygens (including phenoxy) is 1. The largest absolute Gasteiger partial charge is 0.495 e. The van der Waals surface area contributed by atoms with Crippen molar-refractivity contribution in [3.63, 3.8) is 0 Å². The lowest BCUT2D eigenvalue weighted by atomic mass is 10.1. The van der Waals surface area contributed by atoms with Gasteiger partial charge in [0.1, 0.15) is 5.75 Å². The summed E-state index contributed by atoms with van der Waals surface area (Å²) in [6, 6.07) is 13.6. The standard InChI is InChI=1S/C20H24N2O3S/c1-14-8-9-18(25-3)17(10-14)22-19(23)11-21-20(24)13-26-12-16-7-5-4-6-15(16)2/h4-10H,11-13H2,1-3H3,(H,21,24)(H,22,23). The van der Waals surface area contributed by atoms with Gasteiger partial charge in [-0.3, -0.25) is 9.59 Å². The van der Waals surface area contributed by atoms with E-state index in [1.54, 1.807) is 13.2 Å². The van der Waals surface area contributed by atoms with Crippen molar-refractivity contribution in [1.82, 2.24) is 5.32 Å². The first-order valence-corrected chi connectivity index (χ1v) is 9.48. The summed E-state index contributed by atoms with van der Waals surface area (Å²) in [5.74, 6) is 1.23. The van der Waals surface area contributed by atoms with Gasteiger partial charge in [-0.15, -0.1) is 11.8 Å². The number of aryl methyl sites for hydroxylation is 2. The van der Waals surface area contributed by atoms with Crippen LogP contribution in [0.5, 0.6) is 5.75 Å². The Morgan fingerprint density at radius 1 is 1.08 bits per heavy atom. The number of methoxy groups -OCH3 is 1. The number of hydrogen-bond acceptors (Lipinski definition) is 4. The van der Waals surface area contributed by atoms with Crippen LogP contribution in [0.1, 0.15) is 16.7 Å². The van der Waals surface area contributed by atoms with E-state index in [1.165, 1.54) is 22.9 Å². The fourth-order valence-corrected chi connectivity index (χ4v) is 3.30. The van der Waals surface area contributed by atoms with Crippen molar-refractivity contribution in [2.75, 3.05) is 24.7 Å². The zero-order chi connectivity index (χ0) is 18.9. The highest BCUT2D eigenvalue weighted by Crippen LogP contribution is 2.24. The van der Waals surface area contributed by atoms with Crippen molar-refractivity contribution in [3.8, 4) is 5.75 Å². The summed E-state index contributed by atoms with van der Waals surface area (Å²) in [5.41, 5.74) is 4.04. The fourth-order valence-electron chi connectivity index (χ4n) is 2.37. The summed E-state index contributed by atoms with van der Waals surface area (Å²) < 4.78 is 5.23. The Balaban J connectivity index is 1.74. The summed E-state index contributed by atoms with van der Waals surface area (Å²) in [4.78, 5) is 24.0. The summed E-state index contributed by atoms with van der Waals surface area (Å²) >= 11 is 1.53. The van der Waals surface area contributed by atoms with Gasteiger partial charge < -0.3 is 15.4 Å². The zero-order valence-electron chi connectivity index (χ0n) is 15.3. The molecule has 0 saturated heterocycles. The maximum absolute atomic E-state index is 12.0. The second-order valence-corrected chi connectivity index (χ2v) is 6.93. The molecular weight excluding hydrogens is 348 g/mol. The maximum atomic E-state index is 12.0. The molecule has 0 aliphatic carbocycles. The smallest absolute Gasteiger partial charge is 0.243 e. The molecule has 0 aromatic heterocycles. The Labute approximate surface area is 158 Å². The number of carbonyl (C=O) groups is 2. The molecule has 0 spiro atoms. The average Bonchev–Trinajstić information content (AvgIpc) is 2.62. The zero-order valence-corrected chi connectivity index (χ0v) is 16.1. The molecule has 0 atom stereocenters. The Bertz CT molecular complexity index is 777. The van der Waals surface area contributed by atoms with Gasteiger partial charge in [-0.2, -0.15) is 0 Å². The second kappa shape index (κ2) is 9.87. The summed E-state index contributed by atoms with van der Waals surface area (Å²) in [6.07, 6.45) is 0. The van der Waals surface area contributed by atoms with E-state index in [0.29, 0.717) is 17.2 Å². The van der Waals surface area contributed by atoms with Crippen molar-refractivity contribution in [2.24, 2.45) is 0 Å². The van der Waals surface area contributed by atoms with E-state index in [4.69, 9.17) is 4.74 Å². The predicted octanol–water partition coefficient (Wildman–Crippen LogP) is 3.30. The van der Waals surface area contributed by atoms with Crippen LogP contribution in [-0.2, 0) is 15.3 Å². The highest BCUT2D eigenvalue weighted by atomic mass is 32.2. The van der Waals surface area contributed by atoms with Crippen molar-refractivity contribution in [1.29, 1.82) is 0 Å². The van der Waals surface area contributed by atoms with Crippen LogP contribution in [0, 0.1) is 13.8 Å². The first kappa shape index (κ1) is 19.8. The van der Waals surface area contributed by atoms with E-state index >= 15 is 0 Å². The molecule has 26 heavy (non-hydrogen) atoms. The lowest BCUT2D eigenvalue weighted by Gasteiger charge is -2.11. The SMILES string of the molecule is COc1ccc(C)cc1NC(=O)CNC(=O)CSCc1ccccc1C. The van der Waals surface area contributed by atoms with Crippen LogP contribution in [0.4, 0.5) is 5.69 Å². The van der Waals surface area contributed by atoms with Crippen LogP contribution in [0.15, 0.2) is 42.5 Å². The van der Waals surface area contributed by atoms with Crippen LogP contribution in [0.3, 0.4) is 0 Å². The van der Waals surface area contributed by atoms with Crippen LogP contribution >= 0.6 is 11.8 Å². The van der Waals surface area contributed by atoms with Crippen molar-refractivity contribution < 1.29 is 14.3 Å². The molecule has 0 saturated carbocycles. The van der Waals surface area contributed by atoms with E-state index in [2.05, 4.69) is 29.7 Å². The lowest BCUT2D eigenvalue weighted by molar-refractivity contribution is -0.122. The highest BCUT2D eigenvalue weighted by molar-refractivity contribution is 7.99. The minimum absolute atomic E-state index is 0.0686. The first-order valence-electron chi connectivity index (χ1n) is 8.33. The van der Waals surface area contributed by atoms with E-state index in [1.807, 2.05) is 31.2 Å². The number of hydrogen-bond donors (Lipinski definition) is 2. The average molecular weight is 372 g/mol. The van der Waals surface area contributed by atoms with Gasteiger partial charge in [0.25, 0.3) is 0 Å². The van der Waals surface area contributed by atoms with E-state index in [9.17, 15) is 9.59 Å². The monoisotopic (exact) mass is 372 g/mol. The highest BCUT2D eigenvalue weighted by Gasteiger charge is 2.10. The molecule has 0 unspecified atom stereocenters. The molecule has 0 fully saturated rings. The van der Waals surface area contributed by atoms with Crippen molar-refractivity contribution in [2.45, 2.75) is 19.6 Å². The van der Waals surface area contributed by atoms with Crippen molar-refractivity contribution in [3.05, 3.63) is 59.2 Å². The number of thioether (sulfide) groups is 1. The lowest BCUT2D eigenvalue weighted by Crippen LogP contribution is -2.34. The number of nitrogens with one attached hydrogen (secondary N) is 2. The molecule has 2 aromatic rings. The first-order chi connectivity index (χ1) is 12.5. The molecule has 2 rings (SSSR count). The molecule has 0 radical (unpaired) electrons. The van der Waals surface area contributed by atoms with Gasteiger partial charge in [-0.25, -0.2) is 0 Å². The van der Waals surface area contributed by atoms with Crippen LogP contribution < -0.4 is 15.4 Å². The minimum Gasteiger partial charge on any atom is -0.495 e. The molecule has 138 valence electrons. The molecule has 0 bridgehead atoms. The topological polar surface area (TPSA) is 67.4 Å². The molecule has 5 nitrogen and oxygen atoms in total. The minimum atomic E-state index is -0.286. The van der Waals surface area contributed by atoms with Gasteiger partial charge in [0.15, 0.2) is 0 Å². The van der Waals surface area contributed by atoms with E-state index in [-0.39, 0.29) is 18.4 Å². The third-order valence-corrected chi connectivity index (χ3v) is 4.81. The Hall–Kier alpha value is -2.47. The molecule has 2 aromatic carbocycles. The van der Waals surface area contributed by atoms with Crippen LogP contribution in [0.25, 0.3) is 0 Å². The van der Waals surface area contributed by atoms with Gasteiger partial charge in [0.05, 0.1) is 25.1 Å². The summed E-state index contributed by atoms with van der Waals surface area (Å²) in [7, 11) is 1.55. The predicted molar refractivity (Wildman–Crippen MR) is 107 cm³/mol. The normalized spacial score (nSPS) is 10.3. The Kier molecular flexibility index (Phi) is 7.53. The molecule has 2 amide bonds. The fraction of sp³-hybridized carbons (Fsp3) is 0.300. The number of amides is 2. The molecule has 0 heterocycles. The third-order valence-electron chi connectivity index (χ3n) is 3.83. The van der Waals surface area contributed by atoms with Gasteiger partial charge in [0, 0.05) is 5.75 Å². The van der Waals surface area contributed by atoms with Crippen LogP contribution in [0.2, 0.25) is 0 Å². The van der Waals surface area contributed by atoms with Gasteiger partial charge in [-0.1, -0.05) is 30.3 Å². The van der Waals surface area contributed by atoms with Gasteiger partial charge in [-0.05, 0) is 42.7 Å². The Morgan fingerprint density at radius 3 is 2.58 bits per heavy atom. The van der Waals surface area contributed by atoms with Crippen molar-refractivity contribution >= 4 is 29.3 Å². The maximum Gasteiger partial charge on any atom is 0.243 e. The molecule has 2 N–H and O–H groups in total. The second-order valence-electron chi connectivity index (χ2n) is 5.95. The third kappa shape index (κ3) is 6.11. The summed E-state index contributed by atoms with van der Waals surface area (Å²) in [5, 5.41) is 5.40. The number of anilines is 1. The molecule has 0 aliphatic rings. The molecule has 0 aliphatic heterocycles. The Morgan fingerprint density at radius 2 is 1.85 bits per heavy atom. The van der Waals surface area contributed by atoms with E-state index in [0.717, 1.165) is 11.3 Å². The molecule has 6 heteroatoms.